The molecule has 0 radical (unpaired) electrons. The summed E-state index contributed by atoms with van der Waals surface area (Å²) in [6.45, 7) is 3.76. The molecule has 1 aromatic rings. The van der Waals surface area contributed by atoms with E-state index in [2.05, 4.69) is 5.32 Å². The van der Waals surface area contributed by atoms with E-state index in [4.69, 9.17) is 5.73 Å². The molecule has 0 aliphatic heterocycles. The lowest BCUT2D eigenvalue weighted by Crippen LogP contribution is -2.33. The second-order valence-corrected chi connectivity index (χ2v) is 5.78. The van der Waals surface area contributed by atoms with Crippen molar-refractivity contribution in [3.8, 4) is 0 Å². The number of nitrogens with one attached hydrogen (secondary N) is 1. The van der Waals surface area contributed by atoms with Crippen LogP contribution in [-0.4, -0.2) is 36.3 Å². The summed E-state index contributed by atoms with van der Waals surface area (Å²) in [6, 6.07) is 6.98. The van der Waals surface area contributed by atoms with Crippen LogP contribution in [0, 0.1) is 0 Å². The minimum absolute atomic E-state index is 0.137. The summed E-state index contributed by atoms with van der Waals surface area (Å²) in [5.41, 5.74) is 6.49. The van der Waals surface area contributed by atoms with Crippen LogP contribution in [0.2, 0.25) is 0 Å². The molecule has 1 aromatic carbocycles. The van der Waals surface area contributed by atoms with Gasteiger partial charge in [0.25, 0.3) is 5.91 Å². The van der Waals surface area contributed by atoms with E-state index in [1.54, 1.807) is 38.4 Å². The van der Waals surface area contributed by atoms with Crippen LogP contribution in [0.15, 0.2) is 24.3 Å². The Labute approximate surface area is 120 Å². The monoisotopic (exact) mass is 277 g/mol. The average molecular weight is 277 g/mol. The van der Waals surface area contributed by atoms with Gasteiger partial charge in [0.1, 0.15) is 0 Å². The van der Waals surface area contributed by atoms with Gasteiger partial charge < -0.3 is 16.0 Å². The quantitative estimate of drug-likeness (QED) is 0.862. The topological polar surface area (TPSA) is 75.4 Å². The van der Waals surface area contributed by atoms with E-state index < -0.39 is 0 Å². The van der Waals surface area contributed by atoms with Gasteiger partial charge in [-0.1, -0.05) is 12.1 Å². The number of benzene rings is 1. The van der Waals surface area contributed by atoms with E-state index in [0.717, 1.165) is 0 Å². The molecule has 2 amide bonds. The maximum atomic E-state index is 12.0. The Morgan fingerprint density at radius 3 is 2.40 bits per heavy atom. The highest BCUT2D eigenvalue weighted by atomic mass is 16.2. The van der Waals surface area contributed by atoms with Gasteiger partial charge in [-0.25, -0.2) is 0 Å². The van der Waals surface area contributed by atoms with E-state index in [-0.39, 0.29) is 17.4 Å². The van der Waals surface area contributed by atoms with E-state index in [0.29, 0.717) is 24.1 Å². The first-order valence-electron chi connectivity index (χ1n) is 6.60. The van der Waals surface area contributed by atoms with Crippen molar-refractivity contribution in [2.24, 2.45) is 5.73 Å². The fourth-order valence-corrected chi connectivity index (χ4v) is 1.67. The number of para-hydroxylation sites is 1. The second kappa shape index (κ2) is 6.52. The van der Waals surface area contributed by atoms with Crippen molar-refractivity contribution in [3.63, 3.8) is 0 Å². The molecule has 3 N–H and O–H groups in total. The van der Waals surface area contributed by atoms with Crippen LogP contribution in [0.4, 0.5) is 5.69 Å². The predicted octanol–water partition coefficient (Wildman–Crippen LogP) is 1.84. The Balaban J connectivity index is 2.78. The Kier molecular flexibility index (Phi) is 5.27. The van der Waals surface area contributed by atoms with Gasteiger partial charge in [-0.2, -0.15) is 0 Å². The molecule has 5 nitrogen and oxygen atoms in total. The van der Waals surface area contributed by atoms with Crippen molar-refractivity contribution < 1.29 is 9.59 Å². The van der Waals surface area contributed by atoms with Gasteiger partial charge in [0.2, 0.25) is 5.91 Å². The van der Waals surface area contributed by atoms with Crippen LogP contribution in [0.5, 0.6) is 0 Å². The molecule has 5 heteroatoms. The number of nitrogens with zero attached hydrogens (tertiary/aromatic N) is 1. The lowest BCUT2D eigenvalue weighted by molar-refractivity contribution is -0.116. The van der Waals surface area contributed by atoms with E-state index >= 15 is 0 Å². The Hall–Kier alpha value is -1.88. The second-order valence-electron chi connectivity index (χ2n) is 5.78. The third-order valence-electron chi connectivity index (χ3n) is 2.83. The van der Waals surface area contributed by atoms with Crippen LogP contribution in [-0.2, 0) is 4.79 Å². The van der Waals surface area contributed by atoms with Gasteiger partial charge in [-0.05, 0) is 32.4 Å². The minimum Gasteiger partial charge on any atom is -0.345 e. The number of hydrogen-bond acceptors (Lipinski definition) is 3. The fraction of sp³-hybridized carbons (Fsp3) is 0.467. The summed E-state index contributed by atoms with van der Waals surface area (Å²) in [6.07, 6.45) is 0.913. The minimum atomic E-state index is -0.379. The van der Waals surface area contributed by atoms with Gasteiger partial charge in [0.15, 0.2) is 0 Å². The van der Waals surface area contributed by atoms with Crippen molar-refractivity contribution in [2.45, 2.75) is 32.2 Å². The molecule has 0 aliphatic carbocycles. The Morgan fingerprint density at radius 1 is 1.25 bits per heavy atom. The average Bonchev–Trinajstić information content (AvgIpc) is 2.35. The number of nitrogens with two attached hydrogens (primary N) is 1. The molecule has 110 valence electrons. The zero-order valence-corrected chi connectivity index (χ0v) is 12.6. The molecule has 0 fully saturated rings. The Morgan fingerprint density at radius 2 is 1.85 bits per heavy atom. The highest BCUT2D eigenvalue weighted by Gasteiger charge is 2.16. The smallest absolute Gasteiger partial charge is 0.255 e. The van der Waals surface area contributed by atoms with Crippen LogP contribution >= 0.6 is 0 Å². The van der Waals surface area contributed by atoms with E-state index in [1.165, 1.54) is 4.90 Å². The highest BCUT2D eigenvalue weighted by Crippen LogP contribution is 2.17. The zero-order valence-electron chi connectivity index (χ0n) is 12.6. The molecule has 20 heavy (non-hydrogen) atoms. The molecule has 0 spiro atoms. The number of carbonyl (C=O) groups excluding carboxylic acids is 2. The van der Waals surface area contributed by atoms with Crippen molar-refractivity contribution in [1.29, 1.82) is 0 Å². The van der Waals surface area contributed by atoms with Crippen LogP contribution in [0.25, 0.3) is 0 Å². The first-order valence-corrected chi connectivity index (χ1v) is 6.60. The number of amides is 2. The van der Waals surface area contributed by atoms with Crippen LogP contribution < -0.4 is 11.1 Å². The summed E-state index contributed by atoms with van der Waals surface area (Å²) in [5.74, 6) is -0.275. The van der Waals surface area contributed by atoms with Gasteiger partial charge >= 0.3 is 0 Å². The first kappa shape index (κ1) is 16.2. The summed E-state index contributed by atoms with van der Waals surface area (Å²) >= 11 is 0. The maximum absolute atomic E-state index is 12.0. The first-order chi connectivity index (χ1) is 9.20. The summed E-state index contributed by atoms with van der Waals surface area (Å²) in [4.78, 5) is 25.4. The normalized spacial score (nSPS) is 11.1. The standard InChI is InChI=1S/C15H23N3O2/c1-15(2,16)10-9-13(19)17-12-8-6-5-7-11(12)14(20)18(3)4/h5-8H,9-10,16H2,1-4H3,(H,17,19). The fourth-order valence-electron chi connectivity index (χ4n) is 1.67. The number of carbonyl (C=O) groups is 2. The number of rotatable bonds is 5. The van der Waals surface area contributed by atoms with Crippen molar-refractivity contribution in [2.75, 3.05) is 19.4 Å². The molecule has 0 aliphatic rings. The molecule has 0 heterocycles. The van der Waals surface area contributed by atoms with Crippen LogP contribution in [0.1, 0.15) is 37.0 Å². The third-order valence-corrected chi connectivity index (χ3v) is 2.83. The predicted molar refractivity (Wildman–Crippen MR) is 80.6 cm³/mol. The largest absolute Gasteiger partial charge is 0.345 e. The third kappa shape index (κ3) is 5.01. The molecule has 0 atom stereocenters. The Bertz CT molecular complexity index is 490. The van der Waals surface area contributed by atoms with Crippen molar-refractivity contribution >= 4 is 17.5 Å². The molecule has 0 saturated heterocycles. The number of anilines is 1. The van der Waals surface area contributed by atoms with E-state index in [9.17, 15) is 9.59 Å². The lowest BCUT2D eigenvalue weighted by atomic mass is 10.00. The van der Waals surface area contributed by atoms with Crippen molar-refractivity contribution in [1.82, 2.24) is 4.90 Å². The molecule has 0 bridgehead atoms. The molecule has 0 saturated carbocycles. The molecule has 0 aromatic heterocycles. The SMILES string of the molecule is CN(C)C(=O)c1ccccc1NC(=O)CCC(C)(C)N. The molecule has 0 unspecified atom stereocenters. The van der Waals surface area contributed by atoms with Gasteiger partial charge in [0.05, 0.1) is 11.3 Å². The zero-order chi connectivity index (χ0) is 15.3. The van der Waals surface area contributed by atoms with Gasteiger partial charge in [-0.15, -0.1) is 0 Å². The van der Waals surface area contributed by atoms with Gasteiger partial charge in [0, 0.05) is 26.1 Å². The van der Waals surface area contributed by atoms with Crippen LogP contribution in [0.3, 0.4) is 0 Å². The number of hydrogen-bond donors (Lipinski definition) is 2. The molecular formula is C15H23N3O2. The summed E-state index contributed by atoms with van der Waals surface area (Å²) in [7, 11) is 3.36. The van der Waals surface area contributed by atoms with E-state index in [1.807, 2.05) is 13.8 Å². The molecule has 1 rings (SSSR count). The molecular weight excluding hydrogens is 254 g/mol. The van der Waals surface area contributed by atoms with Crippen molar-refractivity contribution in [3.05, 3.63) is 29.8 Å². The summed E-state index contributed by atoms with van der Waals surface area (Å²) < 4.78 is 0. The maximum Gasteiger partial charge on any atom is 0.255 e. The lowest BCUT2D eigenvalue weighted by Gasteiger charge is -2.18. The highest BCUT2D eigenvalue weighted by molar-refractivity contribution is 6.03. The van der Waals surface area contributed by atoms with Gasteiger partial charge in [-0.3, -0.25) is 9.59 Å². The summed E-state index contributed by atoms with van der Waals surface area (Å²) in [5, 5.41) is 2.78.